The van der Waals surface area contributed by atoms with Crippen LogP contribution in [0.2, 0.25) is 0 Å². The number of rotatable bonds is 11. The van der Waals surface area contributed by atoms with Gasteiger partial charge in [-0.05, 0) is 44.0 Å². The normalized spacial score (nSPS) is 10.8. The summed E-state index contributed by atoms with van der Waals surface area (Å²) in [6.07, 6.45) is 1.75. The molecule has 0 spiro atoms. The Morgan fingerprint density at radius 3 is 2.68 bits per heavy atom. The number of fused-ring (bicyclic) bond motifs is 1. The van der Waals surface area contributed by atoms with E-state index in [1.165, 1.54) is 0 Å². The number of carbonyl (C=O) groups is 1. The number of benzene rings is 2. The first-order valence-electron chi connectivity index (χ1n) is 10.5. The van der Waals surface area contributed by atoms with Crippen LogP contribution in [-0.4, -0.2) is 47.7 Å². The summed E-state index contributed by atoms with van der Waals surface area (Å²) in [6, 6.07) is 13.8. The highest BCUT2D eigenvalue weighted by Gasteiger charge is 2.17. The molecule has 0 saturated heterocycles. The van der Waals surface area contributed by atoms with Crippen molar-refractivity contribution < 1.29 is 19.4 Å². The fraction of sp³-hybridized carbons (Fsp3) is 0.375. The van der Waals surface area contributed by atoms with Crippen LogP contribution in [-0.2, 0) is 4.79 Å². The minimum absolute atomic E-state index is 0.190. The molecule has 0 aliphatic rings. The minimum atomic E-state index is -0.433. The molecule has 0 aliphatic heterocycles. The molecule has 0 unspecified atom stereocenters. The van der Waals surface area contributed by atoms with E-state index in [-0.39, 0.29) is 12.2 Å². The third-order valence-electron chi connectivity index (χ3n) is 4.89. The fourth-order valence-corrected chi connectivity index (χ4v) is 3.44. The summed E-state index contributed by atoms with van der Waals surface area (Å²) in [5, 5.41) is 9.85. The highest BCUT2D eigenvalue weighted by atomic mass is 16.5. The summed E-state index contributed by atoms with van der Waals surface area (Å²) in [7, 11) is 1.60. The molecule has 0 radical (unpaired) electrons. The van der Waals surface area contributed by atoms with Gasteiger partial charge in [0, 0.05) is 30.1 Å². The van der Waals surface area contributed by atoms with Crippen LogP contribution in [0.25, 0.3) is 10.9 Å². The van der Waals surface area contributed by atoms with Crippen LogP contribution >= 0.6 is 0 Å². The summed E-state index contributed by atoms with van der Waals surface area (Å²) in [6.45, 7) is 4.72. The number of aromatic nitrogens is 2. The maximum Gasteiger partial charge on any atom is 0.163 e. The van der Waals surface area contributed by atoms with E-state index in [0.29, 0.717) is 30.4 Å². The number of nitrogens with zero attached hydrogens (tertiary/aromatic N) is 3. The monoisotopic (exact) mass is 423 g/mol. The van der Waals surface area contributed by atoms with Crippen molar-refractivity contribution in [1.29, 1.82) is 0 Å². The molecule has 164 valence electrons. The Morgan fingerprint density at radius 2 is 1.94 bits per heavy atom. The molecule has 0 aliphatic carbocycles. The zero-order chi connectivity index (χ0) is 22.2. The third-order valence-corrected chi connectivity index (χ3v) is 4.89. The van der Waals surface area contributed by atoms with Gasteiger partial charge in [0.15, 0.2) is 17.3 Å². The average molecular weight is 424 g/mol. The number of ketones is 1. The molecule has 0 amide bonds. The van der Waals surface area contributed by atoms with E-state index in [2.05, 4.69) is 16.8 Å². The first-order chi connectivity index (χ1) is 15.1. The molecule has 7 nitrogen and oxygen atoms in total. The molecule has 1 heterocycles. The maximum absolute atomic E-state index is 11.3. The van der Waals surface area contributed by atoms with Crippen molar-refractivity contribution in [3.8, 4) is 11.5 Å². The number of aliphatic hydroxyl groups is 1. The van der Waals surface area contributed by atoms with Crippen molar-refractivity contribution in [2.45, 2.75) is 33.1 Å². The number of anilines is 2. The van der Waals surface area contributed by atoms with E-state index in [9.17, 15) is 4.79 Å². The van der Waals surface area contributed by atoms with Gasteiger partial charge in [-0.15, -0.1) is 0 Å². The number of methoxy groups -OCH3 is 1. The van der Waals surface area contributed by atoms with Crippen LogP contribution in [0.15, 0.2) is 42.5 Å². The van der Waals surface area contributed by atoms with Crippen molar-refractivity contribution in [3.05, 3.63) is 48.3 Å². The van der Waals surface area contributed by atoms with E-state index in [1.54, 1.807) is 7.11 Å². The SMILES string of the molecule is CCCN(c1ccc(OC)c(OCCCC(=O)CO)c1)c1nc(C)nc2ccccc12. The smallest absolute Gasteiger partial charge is 0.163 e. The van der Waals surface area contributed by atoms with E-state index in [1.807, 2.05) is 49.4 Å². The predicted molar refractivity (Wildman–Crippen MR) is 121 cm³/mol. The first kappa shape index (κ1) is 22.5. The molecular weight excluding hydrogens is 394 g/mol. The summed E-state index contributed by atoms with van der Waals surface area (Å²) >= 11 is 0. The lowest BCUT2D eigenvalue weighted by atomic mass is 10.2. The van der Waals surface area contributed by atoms with Crippen LogP contribution in [0.3, 0.4) is 0 Å². The number of ether oxygens (including phenoxy) is 2. The zero-order valence-electron chi connectivity index (χ0n) is 18.3. The molecule has 31 heavy (non-hydrogen) atoms. The second-order valence-electron chi connectivity index (χ2n) is 7.25. The Morgan fingerprint density at radius 1 is 1.13 bits per heavy atom. The average Bonchev–Trinajstić information content (AvgIpc) is 2.79. The molecule has 0 bridgehead atoms. The summed E-state index contributed by atoms with van der Waals surface area (Å²) in [4.78, 5) is 22.8. The Kier molecular flexibility index (Phi) is 7.78. The molecule has 3 aromatic rings. The summed E-state index contributed by atoms with van der Waals surface area (Å²) in [5.74, 6) is 2.61. The lowest BCUT2D eigenvalue weighted by molar-refractivity contribution is -0.121. The van der Waals surface area contributed by atoms with Gasteiger partial charge in [-0.3, -0.25) is 4.79 Å². The van der Waals surface area contributed by atoms with Gasteiger partial charge in [-0.2, -0.15) is 0 Å². The minimum Gasteiger partial charge on any atom is -0.493 e. The molecule has 1 N–H and O–H groups in total. The van der Waals surface area contributed by atoms with Crippen LogP contribution in [0.1, 0.15) is 32.0 Å². The number of aryl methyl sites for hydroxylation is 1. The first-order valence-corrected chi connectivity index (χ1v) is 10.5. The number of para-hydroxylation sites is 1. The summed E-state index contributed by atoms with van der Waals surface area (Å²) in [5.41, 5.74) is 1.84. The highest BCUT2D eigenvalue weighted by molar-refractivity contribution is 5.91. The molecular formula is C24H29N3O4. The van der Waals surface area contributed by atoms with Gasteiger partial charge in [-0.1, -0.05) is 19.1 Å². The van der Waals surface area contributed by atoms with Crippen LogP contribution < -0.4 is 14.4 Å². The van der Waals surface area contributed by atoms with Gasteiger partial charge < -0.3 is 19.5 Å². The van der Waals surface area contributed by atoms with Crippen molar-refractivity contribution in [2.75, 3.05) is 31.8 Å². The molecule has 0 atom stereocenters. The fourth-order valence-electron chi connectivity index (χ4n) is 3.44. The Bertz CT molecular complexity index is 1040. The molecule has 0 saturated carbocycles. The van der Waals surface area contributed by atoms with Gasteiger partial charge in [0.05, 0.1) is 19.2 Å². The lowest BCUT2D eigenvalue weighted by Gasteiger charge is -2.26. The highest BCUT2D eigenvalue weighted by Crippen LogP contribution is 2.36. The van der Waals surface area contributed by atoms with Crippen LogP contribution in [0, 0.1) is 6.92 Å². The number of carbonyl (C=O) groups excluding carboxylic acids is 1. The largest absolute Gasteiger partial charge is 0.493 e. The Hall–Kier alpha value is -3.19. The van der Waals surface area contributed by atoms with Crippen LogP contribution in [0.4, 0.5) is 11.5 Å². The second kappa shape index (κ2) is 10.7. The molecule has 1 aromatic heterocycles. The number of hydrogen-bond acceptors (Lipinski definition) is 7. The third kappa shape index (κ3) is 5.49. The van der Waals surface area contributed by atoms with Crippen LogP contribution in [0.5, 0.6) is 11.5 Å². The van der Waals surface area contributed by atoms with Gasteiger partial charge in [0.1, 0.15) is 18.2 Å². The number of aliphatic hydroxyl groups excluding tert-OH is 1. The number of Topliss-reactive ketones (excluding diaryl/α,β-unsaturated/α-hetero) is 1. The molecule has 7 heteroatoms. The molecule has 3 rings (SSSR count). The van der Waals surface area contributed by atoms with Gasteiger partial charge >= 0.3 is 0 Å². The van der Waals surface area contributed by atoms with Crippen molar-refractivity contribution in [2.24, 2.45) is 0 Å². The van der Waals surface area contributed by atoms with Gasteiger partial charge in [-0.25, -0.2) is 9.97 Å². The maximum atomic E-state index is 11.3. The van der Waals surface area contributed by atoms with E-state index in [4.69, 9.17) is 19.6 Å². The van der Waals surface area contributed by atoms with Gasteiger partial charge in [0.2, 0.25) is 0 Å². The predicted octanol–water partition coefficient (Wildman–Crippen LogP) is 4.22. The topological polar surface area (TPSA) is 84.8 Å². The van der Waals surface area contributed by atoms with E-state index in [0.717, 1.165) is 35.4 Å². The second-order valence-corrected chi connectivity index (χ2v) is 7.25. The van der Waals surface area contributed by atoms with E-state index < -0.39 is 6.61 Å². The standard InChI is InChI=1S/C24H29N3O4/c1-4-13-27(24-20-9-5-6-10-21(20)25-17(2)26-24)18-11-12-22(30-3)23(15-18)31-14-7-8-19(29)16-28/h5-6,9-12,15,28H,4,7-8,13-14,16H2,1-3H3. The van der Waals surface area contributed by atoms with E-state index >= 15 is 0 Å². The van der Waals surface area contributed by atoms with Crippen molar-refractivity contribution in [3.63, 3.8) is 0 Å². The summed E-state index contributed by atoms with van der Waals surface area (Å²) < 4.78 is 11.4. The van der Waals surface area contributed by atoms with Crippen molar-refractivity contribution >= 4 is 28.2 Å². The lowest BCUT2D eigenvalue weighted by Crippen LogP contribution is -2.20. The van der Waals surface area contributed by atoms with Crippen molar-refractivity contribution in [1.82, 2.24) is 9.97 Å². The molecule has 2 aromatic carbocycles. The quantitative estimate of drug-likeness (QED) is 0.462. The molecule has 0 fully saturated rings. The Labute approximate surface area is 182 Å². The van der Waals surface area contributed by atoms with Gasteiger partial charge in [0.25, 0.3) is 0 Å². The Balaban J connectivity index is 1.94. The number of hydrogen-bond donors (Lipinski definition) is 1. The zero-order valence-corrected chi connectivity index (χ0v) is 18.3.